The summed E-state index contributed by atoms with van der Waals surface area (Å²) in [5.41, 5.74) is 6.45. The third-order valence-corrected chi connectivity index (χ3v) is 1.75. The summed E-state index contributed by atoms with van der Waals surface area (Å²) in [6.45, 7) is 0.604. The van der Waals surface area contributed by atoms with Gasteiger partial charge in [-0.3, -0.25) is 4.79 Å². The van der Waals surface area contributed by atoms with Crippen LogP contribution in [0.2, 0.25) is 0 Å². The zero-order valence-electron chi connectivity index (χ0n) is 7.66. The van der Waals surface area contributed by atoms with Gasteiger partial charge in [0.25, 0.3) is 0 Å². The van der Waals surface area contributed by atoms with Gasteiger partial charge in [0.1, 0.15) is 0 Å². The van der Waals surface area contributed by atoms with Crippen molar-refractivity contribution >= 4 is 5.91 Å². The summed E-state index contributed by atoms with van der Waals surface area (Å²) in [6, 6.07) is 9.31. The van der Waals surface area contributed by atoms with E-state index in [1.807, 2.05) is 12.1 Å². The number of primary amides is 1. The Kier molecular flexibility index (Phi) is 3.65. The van der Waals surface area contributed by atoms with Gasteiger partial charge in [-0.15, -0.1) is 0 Å². The van der Waals surface area contributed by atoms with Crippen molar-refractivity contribution in [3.05, 3.63) is 35.4 Å². The SMILES string of the molecule is N#Cc1ccccc1CNCC(N)=O. The molecule has 0 spiro atoms. The quantitative estimate of drug-likeness (QED) is 0.706. The van der Waals surface area contributed by atoms with Crippen LogP contribution in [0.25, 0.3) is 0 Å². The molecule has 0 fully saturated rings. The third kappa shape index (κ3) is 2.88. The topological polar surface area (TPSA) is 78.9 Å². The van der Waals surface area contributed by atoms with Gasteiger partial charge >= 0.3 is 0 Å². The Labute approximate surface area is 82.3 Å². The Morgan fingerprint density at radius 2 is 2.21 bits per heavy atom. The Morgan fingerprint density at radius 3 is 2.86 bits per heavy atom. The van der Waals surface area contributed by atoms with Crippen molar-refractivity contribution in [3.8, 4) is 6.07 Å². The maximum absolute atomic E-state index is 10.4. The van der Waals surface area contributed by atoms with Crippen LogP contribution in [-0.2, 0) is 11.3 Å². The number of nitrogens with one attached hydrogen (secondary N) is 1. The standard InChI is InChI=1S/C10H11N3O/c11-5-8-3-1-2-4-9(8)6-13-7-10(12)14/h1-4,13H,6-7H2,(H2,12,14). The first kappa shape index (κ1) is 10.2. The van der Waals surface area contributed by atoms with E-state index in [0.29, 0.717) is 12.1 Å². The van der Waals surface area contributed by atoms with Crippen LogP contribution in [0.5, 0.6) is 0 Å². The van der Waals surface area contributed by atoms with Gasteiger partial charge in [0.15, 0.2) is 0 Å². The highest BCUT2D eigenvalue weighted by molar-refractivity contribution is 5.75. The number of carbonyl (C=O) groups is 1. The first-order valence-electron chi connectivity index (χ1n) is 4.21. The van der Waals surface area contributed by atoms with Gasteiger partial charge in [-0.25, -0.2) is 0 Å². The summed E-state index contributed by atoms with van der Waals surface area (Å²) < 4.78 is 0. The molecule has 4 nitrogen and oxygen atoms in total. The van der Waals surface area contributed by atoms with Crippen LogP contribution in [-0.4, -0.2) is 12.5 Å². The van der Waals surface area contributed by atoms with E-state index in [0.717, 1.165) is 5.56 Å². The van der Waals surface area contributed by atoms with Crippen LogP contribution >= 0.6 is 0 Å². The molecule has 0 aliphatic carbocycles. The monoisotopic (exact) mass is 189 g/mol. The van der Waals surface area contributed by atoms with Gasteiger partial charge < -0.3 is 11.1 Å². The van der Waals surface area contributed by atoms with Crippen molar-refractivity contribution < 1.29 is 4.79 Å². The number of rotatable bonds is 4. The summed E-state index contributed by atoms with van der Waals surface area (Å²) in [5.74, 6) is -0.403. The van der Waals surface area contributed by atoms with Gasteiger partial charge in [-0.05, 0) is 11.6 Å². The van der Waals surface area contributed by atoms with Gasteiger partial charge in [-0.1, -0.05) is 18.2 Å². The molecule has 0 aliphatic rings. The Morgan fingerprint density at radius 1 is 1.50 bits per heavy atom. The van der Waals surface area contributed by atoms with Gasteiger partial charge in [0, 0.05) is 6.54 Å². The highest BCUT2D eigenvalue weighted by Gasteiger charge is 2.00. The number of benzene rings is 1. The van der Waals surface area contributed by atoms with Crippen LogP contribution in [0.1, 0.15) is 11.1 Å². The highest BCUT2D eigenvalue weighted by Crippen LogP contribution is 2.05. The number of carbonyl (C=O) groups excluding carboxylic acids is 1. The number of nitrogens with zero attached hydrogens (tertiary/aromatic N) is 1. The van der Waals surface area contributed by atoms with E-state index >= 15 is 0 Å². The summed E-state index contributed by atoms with van der Waals surface area (Å²) in [6.07, 6.45) is 0. The largest absolute Gasteiger partial charge is 0.369 e. The van der Waals surface area contributed by atoms with E-state index in [9.17, 15) is 4.79 Å². The smallest absolute Gasteiger partial charge is 0.231 e. The van der Waals surface area contributed by atoms with Gasteiger partial charge in [0.05, 0.1) is 18.2 Å². The molecule has 0 heterocycles. The van der Waals surface area contributed by atoms with Crippen LogP contribution in [0.3, 0.4) is 0 Å². The molecular formula is C10H11N3O. The zero-order chi connectivity index (χ0) is 10.4. The molecule has 0 aromatic heterocycles. The summed E-state index contributed by atoms with van der Waals surface area (Å²) in [4.78, 5) is 10.4. The summed E-state index contributed by atoms with van der Waals surface area (Å²) in [5, 5.41) is 11.6. The van der Waals surface area contributed by atoms with E-state index in [1.165, 1.54) is 0 Å². The maximum atomic E-state index is 10.4. The Hall–Kier alpha value is -1.86. The fourth-order valence-electron chi connectivity index (χ4n) is 1.10. The second-order valence-electron chi connectivity index (χ2n) is 2.84. The minimum absolute atomic E-state index is 0.125. The molecule has 3 N–H and O–H groups in total. The lowest BCUT2D eigenvalue weighted by Crippen LogP contribution is -2.28. The average molecular weight is 189 g/mol. The van der Waals surface area contributed by atoms with Gasteiger partial charge in [0.2, 0.25) is 5.91 Å². The Balaban J connectivity index is 2.59. The summed E-state index contributed by atoms with van der Waals surface area (Å²) >= 11 is 0. The molecule has 0 bridgehead atoms. The molecule has 0 unspecified atom stereocenters. The lowest BCUT2D eigenvalue weighted by molar-refractivity contribution is -0.117. The second kappa shape index (κ2) is 5.00. The maximum Gasteiger partial charge on any atom is 0.231 e. The van der Waals surface area contributed by atoms with Crippen molar-refractivity contribution in [3.63, 3.8) is 0 Å². The minimum Gasteiger partial charge on any atom is -0.369 e. The molecule has 4 heteroatoms. The average Bonchev–Trinajstić information content (AvgIpc) is 2.18. The van der Waals surface area contributed by atoms with Crippen molar-refractivity contribution in [1.29, 1.82) is 5.26 Å². The van der Waals surface area contributed by atoms with Crippen LogP contribution in [0.15, 0.2) is 24.3 Å². The van der Waals surface area contributed by atoms with Crippen molar-refractivity contribution in [1.82, 2.24) is 5.32 Å². The first-order valence-corrected chi connectivity index (χ1v) is 4.21. The molecule has 0 radical (unpaired) electrons. The van der Waals surface area contributed by atoms with Crippen LogP contribution < -0.4 is 11.1 Å². The molecule has 0 atom stereocenters. The van der Waals surface area contributed by atoms with E-state index < -0.39 is 5.91 Å². The number of nitrogens with two attached hydrogens (primary N) is 1. The number of amides is 1. The molecule has 0 saturated carbocycles. The predicted molar refractivity (Wildman–Crippen MR) is 52.1 cm³/mol. The molecule has 72 valence electrons. The predicted octanol–water partition coefficient (Wildman–Crippen LogP) is 0.133. The molecule has 1 amide bonds. The summed E-state index contributed by atoms with van der Waals surface area (Å²) in [7, 11) is 0. The van der Waals surface area contributed by atoms with Gasteiger partial charge in [-0.2, -0.15) is 5.26 Å². The van der Waals surface area contributed by atoms with E-state index in [2.05, 4.69) is 11.4 Å². The molecular weight excluding hydrogens is 178 g/mol. The van der Waals surface area contributed by atoms with E-state index in [1.54, 1.807) is 12.1 Å². The Bertz CT molecular complexity index is 368. The fourth-order valence-corrected chi connectivity index (χ4v) is 1.10. The van der Waals surface area contributed by atoms with E-state index in [4.69, 9.17) is 11.0 Å². The third-order valence-electron chi connectivity index (χ3n) is 1.75. The van der Waals surface area contributed by atoms with Crippen molar-refractivity contribution in [2.75, 3.05) is 6.54 Å². The van der Waals surface area contributed by atoms with Crippen molar-refractivity contribution in [2.24, 2.45) is 5.73 Å². The number of hydrogen-bond acceptors (Lipinski definition) is 3. The lowest BCUT2D eigenvalue weighted by Gasteiger charge is -2.03. The lowest BCUT2D eigenvalue weighted by atomic mass is 10.1. The highest BCUT2D eigenvalue weighted by atomic mass is 16.1. The molecule has 1 rings (SSSR count). The fraction of sp³-hybridized carbons (Fsp3) is 0.200. The molecule has 0 saturated heterocycles. The number of hydrogen-bond donors (Lipinski definition) is 2. The second-order valence-corrected chi connectivity index (χ2v) is 2.84. The van der Waals surface area contributed by atoms with Crippen LogP contribution in [0, 0.1) is 11.3 Å². The zero-order valence-corrected chi connectivity index (χ0v) is 7.66. The molecule has 1 aromatic rings. The normalized spacial score (nSPS) is 9.36. The minimum atomic E-state index is -0.403. The first-order chi connectivity index (χ1) is 6.74. The van der Waals surface area contributed by atoms with Crippen molar-refractivity contribution in [2.45, 2.75) is 6.54 Å². The molecule has 0 aliphatic heterocycles. The van der Waals surface area contributed by atoms with E-state index in [-0.39, 0.29) is 6.54 Å². The molecule has 1 aromatic carbocycles. The molecule has 14 heavy (non-hydrogen) atoms. The number of nitriles is 1. The van der Waals surface area contributed by atoms with Crippen LogP contribution in [0.4, 0.5) is 0 Å².